The van der Waals surface area contributed by atoms with E-state index in [2.05, 4.69) is 19.7 Å². The van der Waals surface area contributed by atoms with E-state index in [1.54, 1.807) is 6.07 Å². The minimum atomic E-state index is -2.93. The molecule has 0 atom stereocenters. The van der Waals surface area contributed by atoms with Crippen LogP contribution in [0.3, 0.4) is 0 Å². The third kappa shape index (κ3) is 3.56. The summed E-state index contributed by atoms with van der Waals surface area (Å²) >= 11 is 0. The van der Waals surface area contributed by atoms with Crippen LogP contribution in [0.15, 0.2) is 30.5 Å². The molecule has 0 saturated heterocycles. The number of imidazole rings is 1. The Morgan fingerprint density at radius 1 is 1.23 bits per heavy atom. The summed E-state index contributed by atoms with van der Waals surface area (Å²) in [5.74, 6) is 0.544. The van der Waals surface area contributed by atoms with E-state index in [9.17, 15) is 13.6 Å². The van der Waals surface area contributed by atoms with E-state index >= 15 is 0 Å². The second-order valence-electron chi connectivity index (χ2n) is 5.24. The zero-order chi connectivity index (χ0) is 18.7. The van der Waals surface area contributed by atoms with Gasteiger partial charge >= 0.3 is 6.61 Å². The molecule has 0 spiro atoms. The molecule has 0 fully saturated rings. The number of carbonyl (C=O) groups excluding carboxylic acids is 1. The molecule has 7 nitrogen and oxygen atoms in total. The SMILES string of the molecule is COc1ccnc(CC(=O)c2nc3cc(OC(F)F)ccc3[nH]2)c1OC. The molecule has 0 aliphatic heterocycles. The molecular formula is C17H15F2N3O4. The topological polar surface area (TPSA) is 86.3 Å². The summed E-state index contributed by atoms with van der Waals surface area (Å²) < 4.78 is 39.4. The number of alkyl halides is 2. The summed E-state index contributed by atoms with van der Waals surface area (Å²) in [7, 11) is 2.95. The van der Waals surface area contributed by atoms with Crippen LogP contribution in [-0.4, -0.2) is 41.6 Å². The smallest absolute Gasteiger partial charge is 0.387 e. The van der Waals surface area contributed by atoms with E-state index in [1.807, 2.05) is 0 Å². The maximum absolute atomic E-state index is 12.5. The highest BCUT2D eigenvalue weighted by molar-refractivity contribution is 5.97. The Morgan fingerprint density at radius 3 is 2.73 bits per heavy atom. The van der Waals surface area contributed by atoms with Crippen molar-refractivity contribution in [1.82, 2.24) is 15.0 Å². The van der Waals surface area contributed by atoms with Gasteiger partial charge in [0.2, 0.25) is 5.78 Å². The van der Waals surface area contributed by atoms with Crippen molar-refractivity contribution in [3.8, 4) is 17.2 Å². The predicted molar refractivity (Wildman–Crippen MR) is 88.1 cm³/mol. The molecule has 2 aromatic heterocycles. The number of Topliss-reactive ketones (excluding diaryl/α,β-unsaturated/α-hetero) is 1. The summed E-state index contributed by atoms with van der Waals surface area (Å²) in [4.78, 5) is 23.7. The highest BCUT2D eigenvalue weighted by atomic mass is 19.3. The van der Waals surface area contributed by atoms with E-state index in [0.717, 1.165) is 0 Å². The fourth-order valence-electron chi connectivity index (χ4n) is 2.51. The van der Waals surface area contributed by atoms with E-state index in [1.165, 1.54) is 38.6 Å². The predicted octanol–water partition coefficient (Wildman–Crippen LogP) is 3.00. The van der Waals surface area contributed by atoms with Crippen molar-refractivity contribution in [3.05, 3.63) is 42.0 Å². The molecular weight excluding hydrogens is 348 g/mol. The molecule has 3 aromatic rings. The van der Waals surface area contributed by atoms with Crippen LogP contribution in [0.5, 0.6) is 17.2 Å². The van der Waals surface area contributed by atoms with Gasteiger partial charge in [-0.1, -0.05) is 0 Å². The quantitative estimate of drug-likeness (QED) is 0.650. The van der Waals surface area contributed by atoms with Crippen LogP contribution in [0.4, 0.5) is 8.78 Å². The van der Waals surface area contributed by atoms with Crippen LogP contribution in [0.1, 0.15) is 16.3 Å². The lowest BCUT2D eigenvalue weighted by Crippen LogP contribution is -2.09. The lowest BCUT2D eigenvalue weighted by molar-refractivity contribution is -0.0497. The molecule has 136 valence electrons. The first kappa shape index (κ1) is 17.6. The van der Waals surface area contributed by atoms with Gasteiger partial charge in [0, 0.05) is 18.3 Å². The molecule has 1 aromatic carbocycles. The highest BCUT2D eigenvalue weighted by Gasteiger charge is 2.18. The molecule has 0 unspecified atom stereocenters. The minimum absolute atomic E-state index is 0.0332. The first-order valence-electron chi connectivity index (χ1n) is 7.55. The van der Waals surface area contributed by atoms with Crippen LogP contribution < -0.4 is 14.2 Å². The average Bonchev–Trinajstić information content (AvgIpc) is 3.04. The van der Waals surface area contributed by atoms with Crippen molar-refractivity contribution in [3.63, 3.8) is 0 Å². The number of nitrogens with one attached hydrogen (secondary N) is 1. The Kier molecular flexibility index (Phi) is 4.97. The third-order valence-corrected chi connectivity index (χ3v) is 3.64. The molecule has 3 rings (SSSR count). The Bertz CT molecular complexity index is 943. The average molecular weight is 363 g/mol. The second kappa shape index (κ2) is 7.34. The normalized spacial score (nSPS) is 11.0. The Balaban J connectivity index is 1.86. The summed E-state index contributed by atoms with van der Waals surface area (Å²) in [5, 5.41) is 0. The molecule has 0 radical (unpaired) electrons. The van der Waals surface area contributed by atoms with Crippen LogP contribution in [0, 0.1) is 0 Å². The largest absolute Gasteiger partial charge is 0.493 e. The van der Waals surface area contributed by atoms with Gasteiger partial charge in [0.1, 0.15) is 5.75 Å². The fourth-order valence-corrected chi connectivity index (χ4v) is 2.51. The van der Waals surface area contributed by atoms with E-state index in [0.29, 0.717) is 28.2 Å². The summed E-state index contributed by atoms with van der Waals surface area (Å²) in [5.41, 5.74) is 1.27. The summed E-state index contributed by atoms with van der Waals surface area (Å²) in [6.07, 6.45) is 1.44. The van der Waals surface area contributed by atoms with Gasteiger partial charge in [0.05, 0.1) is 37.4 Å². The number of methoxy groups -OCH3 is 2. The zero-order valence-electron chi connectivity index (χ0n) is 14.0. The summed E-state index contributed by atoms with van der Waals surface area (Å²) in [6.45, 7) is -2.93. The van der Waals surface area contributed by atoms with Gasteiger partial charge in [0.15, 0.2) is 17.3 Å². The van der Waals surface area contributed by atoms with Crippen molar-refractivity contribution < 1.29 is 27.8 Å². The molecule has 0 bridgehead atoms. The van der Waals surface area contributed by atoms with Gasteiger partial charge in [-0.05, 0) is 12.1 Å². The number of nitrogens with zero attached hydrogens (tertiary/aromatic N) is 2. The molecule has 0 aliphatic rings. The zero-order valence-corrected chi connectivity index (χ0v) is 14.0. The Hall–Kier alpha value is -3.23. The molecule has 0 aliphatic carbocycles. The molecule has 0 saturated carbocycles. The number of hydrogen-bond acceptors (Lipinski definition) is 6. The number of halogens is 2. The van der Waals surface area contributed by atoms with E-state index in [-0.39, 0.29) is 23.8 Å². The highest BCUT2D eigenvalue weighted by Crippen LogP contribution is 2.30. The van der Waals surface area contributed by atoms with Crippen molar-refractivity contribution in [2.45, 2.75) is 13.0 Å². The van der Waals surface area contributed by atoms with Gasteiger partial charge in [-0.25, -0.2) is 4.98 Å². The molecule has 26 heavy (non-hydrogen) atoms. The maximum atomic E-state index is 12.5. The van der Waals surface area contributed by atoms with Crippen molar-refractivity contribution in [2.24, 2.45) is 0 Å². The number of rotatable bonds is 7. The number of benzene rings is 1. The number of carbonyl (C=O) groups is 1. The molecule has 2 heterocycles. The van der Waals surface area contributed by atoms with Crippen molar-refractivity contribution in [1.29, 1.82) is 0 Å². The lowest BCUT2D eigenvalue weighted by Gasteiger charge is -2.10. The first-order valence-corrected chi connectivity index (χ1v) is 7.55. The number of aromatic amines is 1. The van der Waals surface area contributed by atoms with Gasteiger partial charge in [-0.15, -0.1) is 0 Å². The summed E-state index contributed by atoms with van der Waals surface area (Å²) in [6, 6.07) is 5.84. The minimum Gasteiger partial charge on any atom is -0.493 e. The second-order valence-corrected chi connectivity index (χ2v) is 5.24. The number of ketones is 1. The molecule has 0 amide bonds. The van der Waals surface area contributed by atoms with E-state index in [4.69, 9.17) is 9.47 Å². The Morgan fingerprint density at radius 2 is 2.04 bits per heavy atom. The number of pyridine rings is 1. The number of aromatic nitrogens is 3. The molecule has 1 N–H and O–H groups in total. The standard InChI is InChI=1S/C17H15F2N3O4/c1-24-14-5-6-20-12(15(14)25-2)8-13(23)16-21-10-4-3-9(26-17(18)19)7-11(10)22-16/h3-7,17H,8H2,1-2H3,(H,21,22). The van der Waals surface area contributed by atoms with Crippen LogP contribution >= 0.6 is 0 Å². The van der Waals surface area contributed by atoms with Gasteiger partial charge in [-0.3, -0.25) is 9.78 Å². The number of fused-ring (bicyclic) bond motifs is 1. The van der Waals surface area contributed by atoms with Gasteiger partial charge in [0.25, 0.3) is 0 Å². The number of hydrogen-bond donors (Lipinski definition) is 1. The van der Waals surface area contributed by atoms with Gasteiger partial charge < -0.3 is 19.2 Å². The number of H-pyrrole nitrogens is 1. The van der Waals surface area contributed by atoms with Crippen LogP contribution in [0.2, 0.25) is 0 Å². The van der Waals surface area contributed by atoms with Crippen LogP contribution in [-0.2, 0) is 6.42 Å². The Labute approximate surface area is 146 Å². The van der Waals surface area contributed by atoms with Crippen molar-refractivity contribution in [2.75, 3.05) is 14.2 Å². The fraction of sp³-hybridized carbons (Fsp3) is 0.235. The molecule has 9 heteroatoms. The lowest BCUT2D eigenvalue weighted by atomic mass is 10.1. The van der Waals surface area contributed by atoms with Crippen LogP contribution in [0.25, 0.3) is 11.0 Å². The maximum Gasteiger partial charge on any atom is 0.387 e. The monoisotopic (exact) mass is 363 g/mol. The number of ether oxygens (including phenoxy) is 3. The van der Waals surface area contributed by atoms with Gasteiger partial charge in [-0.2, -0.15) is 8.78 Å². The third-order valence-electron chi connectivity index (χ3n) is 3.64. The van der Waals surface area contributed by atoms with Crippen molar-refractivity contribution >= 4 is 16.8 Å². The first-order chi connectivity index (χ1) is 12.5. The van der Waals surface area contributed by atoms with E-state index < -0.39 is 6.61 Å².